The number of rotatable bonds is 13. The Balaban J connectivity index is 1.56. The fraction of sp³-hybridized carbons (Fsp3) is 0.417. The molecule has 0 N–H and O–H groups in total. The first-order chi connectivity index (χ1) is 24.2. The van der Waals surface area contributed by atoms with E-state index in [1.807, 2.05) is 0 Å². The third kappa shape index (κ3) is 6.74. The summed E-state index contributed by atoms with van der Waals surface area (Å²) in [6.07, 6.45) is 10.2. The van der Waals surface area contributed by atoms with Crippen molar-refractivity contribution in [1.29, 1.82) is 0 Å². The van der Waals surface area contributed by atoms with Crippen LogP contribution in [-0.2, 0) is 20.6 Å². The Morgan fingerprint density at radius 2 is 0.840 bits per heavy atom. The Kier molecular flexibility index (Phi) is 11.9. The molecule has 0 nitrogen and oxygen atoms in total. The first-order valence-corrected chi connectivity index (χ1v) is 33.2. The van der Waals surface area contributed by atoms with Crippen LogP contribution in [0, 0.1) is 11.8 Å². The molecule has 261 valence electrons. The van der Waals surface area contributed by atoms with Gasteiger partial charge in [-0.05, 0) is 0 Å². The van der Waals surface area contributed by atoms with Gasteiger partial charge in [-0.3, -0.25) is 0 Å². The zero-order valence-corrected chi connectivity index (χ0v) is 37.4. The Labute approximate surface area is 313 Å². The summed E-state index contributed by atoms with van der Waals surface area (Å²) in [5.74, 6) is 1.29. The Morgan fingerprint density at radius 1 is 0.480 bits per heavy atom. The molecule has 6 atom stereocenters. The van der Waals surface area contributed by atoms with Gasteiger partial charge in [0.1, 0.15) is 0 Å². The monoisotopic (exact) mass is 845 g/mol. The van der Waals surface area contributed by atoms with Crippen molar-refractivity contribution in [3.05, 3.63) is 129 Å². The van der Waals surface area contributed by atoms with Crippen LogP contribution in [-0.4, -0.2) is 5.98 Å². The molecule has 2 aliphatic rings. The molecule has 0 saturated heterocycles. The average molecular weight is 845 g/mol. The molecule has 0 radical (unpaired) electrons. The van der Waals surface area contributed by atoms with E-state index in [0.29, 0.717) is 31.0 Å². The average Bonchev–Trinajstić information content (AvgIpc) is 3.73. The summed E-state index contributed by atoms with van der Waals surface area (Å²) >= 11 is -2.53. The van der Waals surface area contributed by atoms with Crippen molar-refractivity contribution in [2.75, 3.05) is 0 Å². The SMILES string of the molecule is CCC(C)C1=Cc2c(-c3ccccc3C(C)CC)cccc2[CH]1[Hf]([CH]1C(C(C)CC)=Cc2c(-c3ccccc3C(C)CC)cccc21)[SiH](C)C. The molecule has 4 aromatic carbocycles. The van der Waals surface area contributed by atoms with Crippen LogP contribution in [0.1, 0.15) is 134 Å². The van der Waals surface area contributed by atoms with Gasteiger partial charge in [0.15, 0.2) is 0 Å². The third-order valence-corrected chi connectivity index (χ3v) is 43.3. The number of benzene rings is 4. The second-order valence-corrected chi connectivity index (χ2v) is 43.8. The van der Waals surface area contributed by atoms with Gasteiger partial charge in [0.2, 0.25) is 0 Å². The summed E-state index contributed by atoms with van der Waals surface area (Å²) in [5.41, 5.74) is 18.8. The Bertz CT molecular complexity index is 1740. The maximum atomic E-state index is 2.74. The van der Waals surface area contributed by atoms with Crippen LogP contribution >= 0.6 is 0 Å². The van der Waals surface area contributed by atoms with Crippen LogP contribution in [0.2, 0.25) is 13.1 Å². The van der Waals surface area contributed by atoms with Gasteiger partial charge in [-0.25, -0.2) is 0 Å². The van der Waals surface area contributed by atoms with E-state index in [-0.39, 0.29) is 0 Å². The van der Waals surface area contributed by atoms with Crippen molar-refractivity contribution in [1.82, 2.24) is 0 Å². The summed E-state index contributed by atoms with van der Waals surface area (Å²) in [6, 6.07) is 33.4. The van der Waals surface area contributed by atoms with E-state index in [0.717, 1.165) is 12.8 Å². The molecule has 4 aromatic rings. The molecule has 2 heteroatoms. The van der Waals surface area contributed by atoms with Gasteiger partial charge in [-0.1, -0.05) is 0 Å². The fourth-order valence-corrected chi connectivity index (χ4v) is 41.8. The summed E-state index contributed by atoms with van der Waals surface area (Å²) in [6.45, 7) is 24.8. The molecular formula is C48H61HfSi. The van der Waals surface area contributed by atoms with Crippen molar-refractivity contribution in [2.24, 2.45) is 11.8 Å². The maximum absolute atomic E-state index is 2.74. The first kappa shape index (κ1) is 37.2. The standard InChI is InChI=1S/2C23H27.C2H7Si.Hf/c2*1-5-16(3)19-14-18-10-9-13-22(23(18)15-19)21-12-8-7-11-20(21)17(4)6-2;1-3-2;/h2*7-17H,5-6H2,1-4H3;3H,1-2H3;. The Hall–Kier alpha value is -2.55. The van der Waals surface area contributed by atoms with Crippen LogP contribution < -0.4 is 0 Å². The summed E-state index contributed by atoms with van der Waals surface area (Å²) < 4.78 is 1.32. The van der Waals surface area contributed by atoms with E-state index in [1.165, 1.54) is 46.2 Å². The number of hydrogen-bond acceptors (Lipinski definition) is 0. The van der Waals surface area contributed by atoms with E-state index in [9.17, 15) is 0 Å². The van der Waals surface area contributed by atoms with E-state index in [4.69, 9.17) is 0 Å². The molecule has 0 saturated carbocycles. The van der Waals surface area contributed by atoms with Crippen molar-refractivity contribution < 1.29 is 20.6 Å². The minimum atomic E-state index is -2.53. The first-order valence-electron chi connectivity index (χ1n) is 19.9. The molecule has 0 amide bonds. The molecule has 6 unspecified atom stereocenters. The number of allylic oxidation sites excluding steroid dienone is 2. The molecule has 2 aliphatic carbocycles. The zero-order valence-electron chi connectivity index (χ0n) is 32.6. The number of hydrogen-bond donors (Lipinski definition) is 0. The zero-order chi connectivity index (χ0) is 35.7. The second kappa shape index (κ2) is 16.0. The van der Waals surface area contributed by atoms with Crippen LogP contribution in [0.25, 0.3) is 34.4 Å². The van der Waals surface area contributed by atoms with E-state index >= 15 is 0 Å². The van der Waals surface area contributed by atoms with Gasteiger partial charge >= 0.3 is 316 Å². The molecule has 0 aliphatic heterocycles. The fourth-order valence-electron chi connectivity index (χ4n) is 9.01. The van der Waals surface area contributed by atoms with Gasteiger partial charge in [0.05, 0.1) is 0 Å². The molecule has 0 fully saturated rings. The predicted molar refractivity (Wildman–Crippen MR) is 220 cm³/mol. The predicted octanol–water partition coefficient (Wildman–Crippen LogP) is 14.3. The summed E-state index contributed by atoms with van der Waals surface area (Å²) in [7, 11) is 0. The third-order valence-electron chi connectivity index (χ3n) is 12.7. The summed E-state index contributed by atoms with van der Waals surface area (Å²) in [5, 5.41) is 0. The van der Waals surface area contributed by atoms with Crippen molar-refractivity contribution in [3.63, 3.8) is 0 Å². The molecule has 0 spiro atoms. The van der Waals surface area contributed by atoms with Crippen LogP contribution in [0.3, 0.4) is 0 Å². The van der Waals surface area contributed by atoms with Crippen molar-refractivity contribution >= 4 is 18.1 Å². The van der Waals surface area contributed by atoms with Crippen LogP contribution in [0.4, 0.5) is 0 Å². The van der Waals surface area contributed by atoms with E-state index < -0.39 is 26.6 Å². The molecule has 0 aromatic heterocycles. The van der Waals surface area contributed by atoms with Crippen molar-refractivity contribution in [2.45, 2.75) is 113 Å². The normalized spacial score (nSPS) is 19.0. The molecular weight excluding hydrogens is 783 g/mol. The Morgan fingerprint density at radius 3 is 1.20 bits per heavy atom. The van der Waals surface area contributed by atoms with Crippen LogP contribution in [0.5, 0.6) is 0 Å². The summed E-state index contributed by atoms with van der Waals surface area (Å²) in [4.78, 5) is 0. The van der Waals surface area contributed by atoms with E-state index in [2.05, 4.69) is 166 Å². The van der Waals surface area contributed by atoms with Crippen molar-refractivity contribution in [3.8, 4) is 22.3 Å². The van der Waals surface area contributed by atoms with Gasteiger partial charge in [0, 0.05) is 0 Å². The molecule has 0 bridgehead atoms. The molecule has 6 rings (SSSR count). The van der Waals surface area contributed by atoms with Gasteiger partial charge in [-0.2, -0.15) is 0 Å². The second-order valence-electron chi connectivity index (χ2n) is 15.8. The van der Waals surface area contributed by atoms with Crippen LogP contribution in [0.15, 0.2) is 96.1 Å². The van der Waals surface area contributed by atoms with Gasteiger partial charge in [0.25, 0.3) is 0 Å². The molecule has 50 heavy (non-hydrogen) atoms. The van der Waals surface area contributed by atoms with E-state index in [1.54, 1.807) is 33.4 Å². The number of fused-ring (bicyclic) bond motifs is 2. The minimum absolute atomic E-state index is 0.547. The quantitative estimate of drug-likeness (QED) is 0.118. The topological polar surface area (TPSA) is 0 Å². The van der Waals surface area contributed by atoms with Gasteiger partial charge < -0.3 is 0 Å². The van der Waals surface area contributed by atoms with Gasteiger partial charge in [-0.15, -0.1) is 0 Å². The molecule has 0 heterocycles.